The summed E-state index contributed by atoms with van der Waals surface area (Å²) >= 11 is 12.7. The zero-order valence-corrected chi connectivity index (χ0v) is 32.7. The number of nitrogens with zero attached hydrogens (tertiary/aromatic N) is 3. The molecule has 3 aromatic carbocycles. The number of fused-ring (bicyclic) bond motifs is 4. The van der Waals surface area contributed by atoms with E-state index in [2.05, 4.69) is 10.4 Å². The minimum atomic E-state index is -4.77. The first-order chi connectivity index (χ1) is 27.6. The number of hydrazine groups is 1. The fourth-order valence-electron chi connectivity index (χ4n) is 9.44. The van der Waals surface area contributed by atoms with Gasteiger partial charge in [0, 0.05) is 34.8 Å². The lowest BCUT2D eigenvalue weighted by molar-refractivity contribution is -0.139. The van der Waals surface area contributed by atoms with Crippen LogP contribution in [-0.2, 0) is 37.2 Å². The molecule has 3 fully saturated rings. The van der Waals surface area contributed by atoms with Gasteiger partial charge in [-0.25, -0.2) is 4.98 Å². The number of allylic oxidation sites excluding steroid dienone is 2. The van der Waals surface area contributed by atoms with E-state index in [1.807, 2.05) is 25.1 Å². The Labute approximate surface area is 340 Å². The number of halogens is 5. The topological polar surface area (TPSA) is 138 Å². The SMILES string of the molecule is CCc1ccc(N2C(=O)[C@H]3[C@H](CC=C4[C@H]3C[C@H]3C(=O)N(Nc5ncc(C(F)(F)F)cc5Cl)C(=O)[C@@]3(c3ccc(Cl)cc3)[C@H]4c3c(OC)cc(O)cc3OC)C2=O)cc1. The second kappa shape index (κ2) is 14.3. The molecule has 0 bridgehead atoms. The molecule has 1 aromatic heterocycles. The number of hydrogen-bond donors (Lipinski definition) is 2. The van der Waals surface area contributed by atoms with Crippen LogP contribution in [0.5, 0.6) is 17.2 Å². The van der Waals surface area contributed by atoms with E-state index in [0.29, 0.717) is 39.1 Å². The van der Waals surface area contributed by atoms with Gasteiger partial charge in [-0.3, -0.25) is 29.5 Å². The third-order valence-corrected chi connectivity index (χ3v) is 12.5. The minimum Gasteiger partial charge on any atom is -0.508 e. The first-order valence-corrected chi connectivity index (χ1v) is 19.2. The number of aromatic nitrogens is 1. The first kappa shape index (κ1) is 39.2. The van der Waals surface area contributed by atoms with Crippen molar-refractivity contribution in [2.75, 3.05) is 24.5 Å². The second-order valence-corrected chi connectivity index (χ2v) is 15.6. The smallest absolute Gasteiger partial charge is 0.417 e. The summed E-state index contributed by atoms with van der Waals surface area (Å²) in [5.74, 6) is -7.78. The van der Waals surface area contributed by atoms with E-state index in [1.165, 1.54) is 31.3 Å². The van der Waals surface area contributed by atoms with Crippen molar-refractivity contribution in [2.45, 2.75) is 43.7 Å². The molecule has 2 aliphatic carbocycles. The highest BCUT2D eigenvalue weighted by atomic mass is 35.5. The minimum absolute atomic E-state index is 0.0899. The molecule has 0 spiro atoms. The lowest BCUT2D eigenvalue weighted by Crippen LogP contribution is -2.53. The number of anilines is 2. The van der Waals surface area contributed by atoms with E-state index in [4.69, 9.17) is 32.7 Å². The van der Waals surface area contributed by atoms with Crippen molar-refractivity contribution < 1.29 is 46.9 Å². The number of alkyl halides is 3. The van der Waals surface area contributed by atoms with Crippen LogP contribution < -0.4 is 19.8 Å². The maximum atomic E-state index is 15.5. The van der Waals surface area contributed by atoms with Crippen molar-refractivity contribution in [1.29, 1.82) is 0 Å². The lowest BCUT2D eigenvalue weighted by Gasteiger charge is -2.51. The summed E-state index contributed by atoms with van der Waals surface area (Å²) in [5, 5.41) is 11.3. The Bertz CT molecular complexity index is 2380. The molecular weight excluding hydrogens is 800 g/mol. The molecule has 3 heterocycles. The molecule has 300 valence electrons. The molecule has 16 heteroatoms. The van der Waals surface area contributed by atoms with Crippen LogP contribution in [0.1, 0.15) is 47.9 Å². The number of nitrogens with one attached hydrogen (secondary N) is 1. The molecule has 4 aromatic rings. The molecule has 8 rings (SSSR count). The summed E-state index contributed by atoms with van der Waals surface area (Å²) in [6.07, 6.45) is -1.61. The quantitative estimate of drug-likeness (QED) is 0.134. The Morgan fingerprint density at radius 1 is 0.914 bits per heavy atom. The van der Waals surface area contributed by atoms with Crippen LogP contribution in [-0.4, -0.2) is 52.9 Å². The molecule has 2 N–H and O–H groups in total. The number of amides is 4. The van der Waals surface area contributed by atoms with E-state index in [-0.39, 0.29) is 41.6 Å². The maximum Gasteiger partial charge on any atom is 0.417 e. The predicted molar refractivity (Wildman–Crippen MR) is 206 cm³/mol. The number of pyridine rings is 1. The number of aryl methyl sites for hydroxylation is 1. The number of hydrogen-bond acceptors (Lipinski definition) is 9. The van der Waals surface area contributed by atoms with Crippen molar-refractivity contribution in [1.82, 2.24) is 9.99 Å². The van der Waals surface area contributed by atoms with Gasteiger partial charge < -0.3 is 14.6 Å². The Balaban J connectivity index is 1.35. The summed E-state index contributed by atoms with van der Waals surface area (Å²) in [7, 11) is 2.73. The van der Waals surface area contributed by atoms with Crippen molar-refractivity contribution in [2.24, 2.45) is 23.7 Å². The van der Waals surface area contributed by atoms with E-state index < -0.39 is 75.3 Å². The zero-order valence-electron chi connectivity index (χ0n) is 31.1. The number of benzene rings is 3. The van der Waals surface area contributed by atoms with Crippen LogP contribution in [0.15, 0.2) is 84.6 Å². The number of phenols is 1. The van der Waals surface area contributed by atoms with Gasteiger partial charge in [-0.2, -0.15) is 18.2 Å². The normalized spacial score (nSPS) is 25.3. The predicted octanol–water partition coefficient (Wildman–Crippen LogP) is 7.88. The van der Waals surface area contributed by atoms with Crippen molar-refractivity contribution in [3.05, 3.63) is 117 Å². The fraction of sp³-hybridized carbons (Fsp3) is 0.310. The lowest BCUT2D eigenvalue weighted by atomic mass is 9.49. The largest absolute Gasteiger partial charge is 0.508 e. The van der Waals surface area contributed by atoms with Crippen LogP contribution in [0.2, 0.25) is 10.0 Å². The third-order valence-electron chi connectivity index (χ3n) is 12.0. The molecule has 58 heavy (non-hydrogen) atoms. The summed E-state index contributed by atoms with van der Waals surface area (Å²) in [4.78, 5) is 64.4. The highest BCUT2D eigenvalue weighted by Gasteiger charge is 2.71. The van der Waals surface area contributed by atoms with Gasteiger partial charge in [0.1, 0.15) is 17.2 Å². The molecular formula is C42H35Cl2F3N4O7. The summed E-state index contributed by atoms with van der Waals surface area (Å²) in [6.45, 7) is 1.99. The summed E-state index contributed by atoms with van der Waals surface area (Å²) < 4.78 is 52.4. The molecule has 2 saturated heterocycles. The van der Waals surface area contributed by atoms with Crippen LogP contribution in [0.4, 0.5) is 24.7 Å². The molecule has 4 amide bonds. The van der Waals surface area contributed by atoms with Crippen LogP contribution >= 0.6 is 23.2 Å². The van der Waals surface area contributed by atoms with Gasteiger partial charge >= 0.3 is 6.18 Å². The number of ether oxygens (including phenoxy) is 2. The number of imide groups is 2. The zero-order chi connectivity index (χ0) is 41.4. The van der Waals surface area contributed by atoms with Crippen molar-refractivity contribution in [3.63, 3.8) is 0 Å². The number of methoxy groups -OCH3 is 2. The van der Waals surface area contributed by atoms with E-state index >= 15 is 9.59 Å². The fourth-order valence-corrected chi connectivity index (χ4v) is 9.78. The standard InChI is InChI=1S/C42H35Cl2F3N4O7/c1-4-20-5-11-24(12-6-20)50-37(53)27-14-13-26-28(33(27)39(50)55)18-29-38(54)51(49-36-30(44)15-22(19-48-36)42(45,46)47)40(56)41(29,21-7-9-23(43)10-8-21)35(26)34-31(57-2)16-25(52)17-32(34)58-3/h5-13,15-17,19,27-29,33,35,52H,4,14,18H2,1-3H3,(H,48,49)/t27-,28+,29-,33-,35+,41+/m0/s1. The van der Waals surface area contributed by atoms with Crippen LogP contribution in [0, 0.1) is 23.7 Å². The highest BCUT2D eigenvalue weighted by molar-refractivity contribution is 6.33. The Morgan fingerprint density at radius 3 is 2.16 bits per heavy atom. The summed E-state index contributed by atoms with van der Waals surface area (Å²) in [5.41, 5.74) is 2.22. The first-order valence-electron chi connectivity index (χ1n) is 18.4. The average molecular weight is 836 g/mol. The number of phenolic OH excluding ortho intramolecular Hbond substituents is 1. The van der Waals surface area contributed by atoms with E-state index in [1.54, 1.807) is 36.4 Å². The van der Waals surface area contributed by atoms with E-state index in [0.717, 1.165) is 12.0 Å². The molecule has 1 saturated carbocycles. The van der Waals surface area contributed by atoms with Crippen LogP contribution in [0.3, 0.4) is 0 Å². The van der Waals surface area contributed by atoms with E-state index in [9.17, 15) is 27.9 Å². The van der Waals surface area contributed by atoms with Crippen molar-refractivity contribution in [3.8, 4) is 17.2 Å². The maximum absolute atomic E-state index is 15.5. The molecule has 0 radical (unpaired) electrons. The molecule has 0 unspecified atom stereocenters. The Kier molecular flexibility index (Phi) is 9.70. The highest BCUT2D eigenvalue weighted by Crippen LogP contribution is 2.66. The molecule has 4 aliphatic rings. The Hall–Kier alpha value is -5.60. The van der Waals surface area contributed by atoms with Gasteiger partial charge in [0.25, 0.3) is 11.8 Å². The number of rotatable bonds is 8. The van der Waals surface area contributed by atoms with Gasteiger partial charge in [0.05, 0.1) is 53.7 Å². The summed E-state index contributed by atoms with van der Waals surface area (Å²) in [6, 6.07) is 16.8. The van der Waals surface area contributed by atoms with Gasteiger partial charge in [-0.05, 0) is 66.6 Å². The number of carbonyl (C=O) groups excluding carboxylic acids is 4. The monoisotopic (exact) mass is 834 g/mol. The van der Waals surface area contributed by atoms with Gasteiger partial charge in [0.15, 0.2) is 5.82 Å². The van der Waals surface area contributed by atoms with Gasteiger partial charge in [0.2, 0.25) is 11.8 Å². The van der Waals surface area contributed by atoms with Gasteiger partial charge in [-0.1, -0.05) is 66.0 Å². The Morgan fingerprint density at radius 2 is 1.57 bits per heavy atom. The second-order valence-electron chi connectivity index (χ2n) is 14.7. The van der Waals surface area contributed by atoms with Gasteiger partial charge in [-0.15, -0.1) is 0 Å². The molecule has 6 atom stereocenters. The van der Waals surface area contributed by atoms with Crippen LogP contribution in [0.25, 0.3) is 0 Å². The third kappa shape index (κ3) is 5.90. The molecule has 2 aliphatic heterocycles. The number of aromatic hydroxyl groups is 1. The van der Waals surface area contributed by atoms with Crippen molar-refractivity contribution >= 4 is 58.3 Å². The average Bonchev–Trinajstić information content (AvgIpc) is 3.58. The number of carbonyl (C=O) groups is 4. The molecule has 11 nitrogen and oxygen atoms in total.